The van der Waals surface area contributed by atoms with E-state index in [0.29, 0.717) is 36.3 Å². The third-order valence-electron chi connectivity index (χ3n) is 4.62. The lowest BCUT2D eigenvalue weighted by Crippen LogP contribution is -2.39. The van der Waals surface area contributed by atoms with Crippen molar-refractivity contribution in [2.24, 2.45) is 0 Å². The van der Waals surface area contributed by atoms with Gasteiger partial charge in [0.05, 0.1) is 4.70 Å². The summed E-state index contributed by atoms with van der Waals surface area (Å²) >= 11 is 1.03. The fourth-order valence-corrected chi connectivity index (χ4v) is 3.84. The molecule has 0 saturated carbocycles. The van der Waals surface area contributed by atoms with Gasteiger partial charge in [0.15, 0.2) is 0 Å². The van der Waals surface area contributed by atoms with E-state index in [2.05, 4.69) is 29.0 Å². The Morgan fingerprint density at radius 1 is 1.19 bits per heavy atom. The van der Waals surface area contributed by atoms with Crippen LogP contribution in [0.4, 0.5) is 4.79 Å². The van der Waals surface area contributed by atoms with E-state index in [1.54, 1.807) is 6.07 Å². The molecule has 2 rings (SSSR count). The molecule has 0 unspecified atom stereocenters. The van der Waals surface area contributed by atoms with Crippen LogP contribution in [0.3, 0.4) is 0 Å². The Morgan fingerprint density at radius 2 is 1.89 bits per heavy atom. The highest BCUT2D eigenvalue weighted by molar-refractivity contribution is 7.16. The SMILES string of the molecule is CCN(CC)CCNCCN(CCc1ccc(O)c2[nH]c(=O)sc12)C(=O)O. The molecule has 0 atom stereocenters. The Balaban J connectivity index is 1.87. The molecule has 0 aliphatic rings. The number of H-pyrrole nitrogens is 1. The van der Waals surface area contributed by atoms with E-state index >= 15 is 0 Å². The van der Waals surface area contributed by atoms with Crippen molar-refractivity contribution in [3.8, 4) is 5.75 Å². The number of nitrogens with zero attached hydrogens (tertiary/aromatic N) is 2. The number of aromatic hydroxyl groups is 1. The normalized spacial score (nSPS) is 11.4. The molecular weight excluding hydrogens is 368 g/mol. The minimum atomic E-state index is -0.960. The van der Waals surface area contributed by atoms with Gasteiger partial charge in [-0.05, 0) is 31.1 Å². The van der Waals surface area contributed by atoms with Gasteiger partial charge in [-0.2, -0.15) is 0 Å². The van der Waals surface area contributed by atoms with Gasteiger partial charge in [-0.15, -0.1) is 0 Å². The van der Waals surface area contributed by atoms with Crippen molar-refractivity contribution in [2.75, 3.05) is 45.8 Å². The van der Waals surface area contributed by atoms with Crippen LogP contribution in [0, 0.1) is 0 Å². The number of aromatic nitrogens is 1. The highest BCUT2D eigenvalue weighted by Gasteiger charge is 2.14. The van der Waals surface area contributed by atoms with E-state index < -0.39 is 6.09 Å². The second-order valence-electron chi connectivity index (χ2n) is 6.26. The van der Waals surface area contributed by atoms with E-state index in [1.165, 1.54) is 11.0 Å². The number of nitrogens with one attached hydrogen (secondary N) is 2. The summed E-state index contributed by atoms with van der Waals surface area (Å²) in [5, 5.41) is 22.6. The number of rotatable bonds is 11. The van der Waals surface area contributed by atoms with Crippen LogP contribution in [0.25, 0.3) is 10.2 Å². The van der Waals surface area contributed by atoms with Gasteiger partial charge in [-0.3, -0.25) is 4.79 Å². The number of thiazole rings is 1. The first-order chi connectivity index (χ1) is 13.0. The van der Waals surface area contributed by atoms with Gasteiger partial charge >= 0.3 is 11.0 Å². The standard InChI is InChI=1S/C18H28N4O4S/c1-3-21(4-2)11-8-19-9-12-22(18(25)26)10-7-13-5-6-14(23)15-16(13)27-17(24)20-15/h5-6,19,23H,3-4,7-12H2,1-2H3,(H,20,24)(H,25,26). The van der Waals surface area contributed by atoms with Crippen LogP contribution in [-0.2, 0) is 6.42 Å². The average molecular weight is 397 g/mol. The minimum Gasteiger partial charge on any atom is -0.506 e. The number of carbonyl (C=O) groups is 1. The number of benzene rings is 1. The number of carboxylic acid groups (broad SMARTS) is 1. The van der Waals surface area contributed by atoms with Crippen LogP contribution in [-0.4, -0.2) is 76.9 Å². The van der Waals surface area contributed by atoms with Gasteiger partial charge in [-0.25, -0.2) is 4.79 Å². The molecule has 0 bridgehead atoms. The molecule has 9 heteroatoms. The molecule has 27 heavy (non-hydrogen) atoms. The fraction of sp³-hybridized carbons (Fsp3) is 0.556. The average Bonchev–Trinajstić information content (AvgIpc) is 3.04. The van der Waals surface area contributed by atoms with Gasteiger partial charge in [0.1, 0.15) is 11.3 Å². The van der Waals surface area contributed by atoms with Crippen molar-refractivity contribution < 1.29 is 15.0 Å². The third-order valence-corrected chi connectivity index (χ3v) is 5.58. The Bertz CT molecular complexity index is 800. The van der Waals surface area contributed by atoms with Gasteiger partial charge in [-0.1, -0.05) is 31.3 Å². The molecule has 2 aromatic rings. The number of hydrogen-bond acceptors (Lipinski definition) is 6. The summed E-state index contributed by atoms with van der Waals surface area (Å²) in [5.74, 6) is 0.0274. The number of fused-ring (bicyclic) bond motifs is 1. The van der Waals surface area contributed by atoms with E-state index in [9.17, 15) is 19.8 Å². The van der Waals surface area contributed by atoms with Crippen LogP contribution in [0.1, 0.15) is 19.4 Å². The zero-order valence-corrected chi connectivity index (χ0v) is 16.6. The largest absolute Gasteiger partial charge is 0.506 e. The lowest BCUT2D eigenvalue weighted by Gasteiger charge is -2.21. The highest BCUT2D eigenvalue weighted by Crippen LogP contribution is 2.28. The monoisotopic (exact) mass is 396 g/mol. The second-order valence-corrected chi connectivity index (χ2v) is 7.24. The van der Waals surface area contributed by atoms with Crippen LogP contribution in [0.2, 0.25) is 0 Å². The molecule has 0 aliphatic carbocycles. The Labute approximate surface area is 162 Å². The molecule has 1 heterocycles. The quantitative estimate of drug-likeness (QED) is 0.431. The van der Waals surface area contributed by atoms with E-state index in [4.69, 9.17) is 0 Å². The molecule has 8 nitrogen and oxygen atoms in total. The van der Waals surface area contributed by atoms with Gasteiger partial charge < -0.3 is 30.3 Å². The van der Waals surface area contributed by atoms with E-state index in [-0.39, 0.29) is 10.6 Å². The topological polar surface area (TPSA) is 109 Å². The maximum atomic E-state index is 11.6. The number of likely N-dealkylation sites (N-methyl/N-ethyl adjacent to an activating group) is 1. The van der Waals surface area contributed by atoms with Crippen LogP contribution in [0.5, 0.6) is 5.75 Å². The molecule has 0 radical (unpaired) electrons. The van der Waals surface area contributed by atoms with Crippen molar-refractivity contribution in [1.29, 1.82) is 0 Å². The lowest BCUT2D eigenvalue weighted by atomic mass is 10.1. The van der Waals surface area contributed by atoms with Crippen LogP contribution < -0.4 is 10.2 Å². The maximum absolute atomic E-state index is 11.6. The van der Waals surface area contributed by atoms with Crippen molar-refractivity contribution in [2.45, 2.75) is 20.3 Å². The number of phenols is 1. The van der Waals surface area contributed by atoms with Crippen LogP contribution >= 0.6 is 11.3 Å². The predicted octanol–water partition coefficient (Wildman–Crippen LogP) is 1.75. The van der Waals surface area contributed by atoms with Crippen molar-refractivity contribution in [3.05, 3.63) is 27.4 Å². The number of amides is 1. The van der Waals surface area contributed by atoms with Crippen molar-refractivity contribution in [3.63, 3.8) is 0 Å². The summed E-state index contributed by atoms with van der Waals surface area (Å²) in [6, 6.07) is 3.27. The Hall–Kier alpha value is -2.10. The van der Waals surface area contributed by atoms with Gasteiger partial charge in [0.25, 0.3) is 0 Å². The summed E-state index contributed by atoms with van der Waals surface area (Å²) in [4.78, 5) is 29.1. The summed E-state index contributed by atoms with van der Waals surface area (Å²) < 4.78 is 0.683. The van der Waals surface area contributed by atoms with Gasteiger partial charge in [0.2, 0.25) is 0 Å². The first-order valence-electron chi connectivity index (χ1n) is 9.20. The third kappa shape index (κ3) is 5.95. The lowest BCUT2D eigenvalue weighted by molar-refractivity contribution is 0.146. The smallest absolute Gasteiger partial charge is 0.407 e. The van der Waals surface area contributed by atoms with Crippen molar-refractivity contribution >= 4 is 27.6 Å². The zero-order valence-electron chi connectivity index (χ0n) is 15.8. The van der Waals surface area contributed by atoms with E-state index in [1.807, 2.05) is 0 Å². The summed E-state index contributed by atoms with van der Waals surface area (Å²) in [6.45, 7) is 9.35. The highest BCUT2D eigenvalue weighted by atomic mass is 32.1. The van der Waals surface area contributed by atoms with Gasteiger partial charge in [0, 0.05) is 32.7 Å². The van der Waals surface area contributed by atoms with Crippen LogP contribution in [0.15, 0.2) is 16.9 Å². The first kappa shape index (κ1) is 21.2. The molecule has 4 N–H and O–H groups in total. The molecular formula is C18H28N4O4S. The zero-order chi connectivity index (χ0) is 19.8. The predicted molar refractivity (Wildman–Crippen MR) is 108 cm³/mol. The molecule has 0 fully saturated rings. The number of phenolic OH excluding ortho intramolecular Hbond substituents is 1. The molecule has 0 saturated heterocycles. The molecule has 1 aromatic carbocycles. The molecule has 1 aromatic heterocycles. The Morgan fingerprint density at radius 3 is 2.56 bits per heavy atom. The molecule has 150 valence electrons. The maximum Gasteiger partial charge on any atom is 0.407 e. The number of hydrogen-bond donors (Lipinski definition) is 4. The van der Waals surface area contributed by atoms with E-state index in [0.717, 1.165) is 43.1 Å². The second kappa shape index (κ2) is 10.3. The summed E-state index contributed by atoms with van der Waals surface area (Å²) in [7, 11) is 0. The van der Waals surface area contributed by atoms with Crippen molar-refractivity contribution in [1.82, 2.24) is 20.1 Å². The first-order valence-corrected chi connectivity index (χ1v) is 10.0. The number of aromatic amines is 1. The molecule has 1 amide bonds. The Kier molecular flexibility index (Phi) is 8.08. The molecule has 0 aliphatic heterocycles. The summed E-state index contributed by atoms with van der Waals surface area (Å²) in [5.41, 5.74) is 1.27. The molecule has 0 spiro atoms. The fourth-order valence-electron chi connectivity index (χ4n) is 2.94. The summed E-state index contributed by atoms with van der Waals surface area (Å²) in [6.07, 6.45) is -0.478. The minimum absolute atomic E-state index is 0.0274.